The van der Waals surface area contributed by atoms with Crippen LogP contribution in [-0.4, -0.2) is 35.9 Å². The van der Waals surface area contributed by atoms with E-state index in [0.717, 1.165) is 26.7 Å². The number of likely N-dealkylation sites (N-methyl/N-ethyl adjacent to an activating group) is 1. The van der Waals surface area contributed by atoms with Crippen LogP contribution in [0.2, 0.25) is 0 Å². The molecule has 1 N–H and O–H groups in total. The molecule has 3 rings (SSSR count). The largest absolute Gasteiger partial charge is 0.484 e. The van der Waals surface area contributed by atoms with Gasteiger partial charge >= 0.3 is 0 Å². The van der Waals surface area contributed by atoms with Gasteiger partial charge in [0.25, 0.3) is 5.91 Å². The summed E-state index contributed by atoms with van der Waals surface area (Å²) < 4.78 is 6.82. The Hall–Kier alpha value is -3.12. The van der Waals surface area contributed by atoms with E-state index >= 15 is 0 Å². The average molecular weight is 523 g/mol. The van der Waals surface area contributed by atoms with Gasteiger partial charge in [-0.25, -0.2) is 0 Å². The second kappa shape index (κ2) is 12.4. The third-order valence-corrected chi connectivity index (χ3v) is 6.48. The molecule has 0 aromatic heterocycles. The van der Waals surface area contributed by atoms with Crippen molar-refractivity contribution in [1.29, 1.82) is 0 Å². The van der Waals surface area contributed by atoms with Gasteiger partial charge in [-0.05, 0) is 55.7 Å². The number of rotatable bonds is 10. The van der Waals surface area contributed by atoms with Crippen molar-refractivity contribution in [2.24, 2.45) is 0 Å². The van der Waals surface area contributed by atoms with Crippen LogP contribution < -0.4 is 10.1 Å². The van der Waals surface area contributed by atoms with Gasteiger partial charge < -0.3 is 15.0 Å². The minimum atomic E-state index is -0.661. The van der Waals surface area contributed by atoms with Crippen LogP contribution >= 0.6 is 15.9 Å². The van der Waals surface area contributed by atoms with Crippen LogP contribution in [0.5, 0.6) is 5.75 Å². The molecule has 178 valence electrons. The van der Waals surface area contributed by atoms with Gasteiger partial charge in [-0.1, -0.05) is 76.1 Å². The van der Waals surface area contributed by atoms with Crippen molar-refractivity contribution >= 4 is 27.7 Å². The van der Waals surface area contributed by atoms with Gasteiger partial charge in [-0.3, -0.25) is 9.59 Å². The lowest BCUT2D eigenvalue weighted by molar-refractivity contribution is -0.142. The lowest BCUT2D eigenvalue weighted by Gasteiger charge is -2.31. The van der Waals surface area contributed by atoms with Crippen molar-refractivity contribution in [3.05, 3.63) is 99.5 Å². The van der Waals surface area contributed by atoms with Crippen LogP contribution in [0.3, 0.4) is 0 Å². The van der Waals surface area contributed by atoms with Crippen LogP contribution in [-0.2, 0) is 22.6 Å². The van der Waals surface area contributed by atoms with Crippen LogP contribution in [0.15, 0.2) is 77.3 Å². The van der Waals surface area contributed by atoms with Gasteiger partial charge in [0.2, 0.25) is 5.91 Å². The van der Waals surface area contributed by atoms with Crippen molar-refractivity contribution in [2.75, 3.05) is 13.2 Å². The summed E-state index contributed by atoms with van der Waals surface area (Å²) in [6.07, 6.45) is 0.418. The summed E-state index contributed by atoms with van der Waals surface area (Å²) >= 11 is 3.48. The Balaban J connectivity index is 1.88. The van der Waals surface area contributed by atoms with Gasteiger partial charge in [-0.2, -0.15) is 0 Å². The highest BCUT2D eigenvalue weighted by molar-refractivity contribution is 9.10. The van der Waals surface area contributed by atoms with Crippen LogP contribution in [0.1, 0.15) is 29.2 Å². The summed E-state index contributed by atoms with van der Waals surface area (Å²) in [5, 5.41) is 2.90. The molecule has 6 heteroatoms. The fourth-order valence-electron chi connectivity index (χ4n) is 3.67. The number of nitrogens with one attached hydrogen (secondary N) is 1. The molecule has 3 aromatic carbocycles. The first-order valence-corrected chi connectivity index (χ1v) is 12.2. The molecular formula is C28H31BrN2O3. The maximum Gasteiger partial charge on any atom is 0.261 e. The second-order valence-corrected chi connectivity index (χ2v) is 9.16. The summed E-state index contributed by atoms with van der Waals surface area (Å²) in [5.41, 5.74) is 4.11. The quantitative estimate of drug-likeness (QED) is 0.397. The van der Waals surface area contributed by atoms with E-state index in [-0.39, 0.29) is 18.4 Å². The van der Waals surface area contributed by atoms with Crippen molar-refractivity contribution in [3.63, 3.8) is 0 Å². The Morgan fingerprint density at radius 1 is 0.971 bits per heavy atom. The Bertz CT molecular complexity index is 1100. The highest BCUT2D eigenvalue weighted by Gasteiger charge is 2.30. The lowest BCUT2D eigenvalue weighted by Crippen LogP contribution is -2.51. The first-order chi connectivity index (χ1) is 16.4. The highest BCUT2D eigenvalue weighted by Crippen LogP contribution is 2.22. The summed E-state index contributed by atoms with van der Waals surface area (Å²) in [4.78, 5) is 28.3. The van der Waals surface area contributed by atoms with Gasteiger partial charge in [0.1, 0.15) is 11.8 Å². The average Bonchev–Trinajstić information content (AvgIpc) is 2.84. The standard InChI is InChI=1S/C28H31BrN2O3/c1-4-30-28(33)26(17-22-8-6-5-7-9-22)31(18-23-12-10-20(2)11-13-23)27(32)19-34-24-14-15-25(29)21(3)16-24/h5-16,26H,4,17-19H2,1-3H3,(H,30,33)/t26-/m1/s1. The Kier molecular flexibility index (Phi) is 9.28. The van der Waals surface area contributed by atoms with Gasteiger partial charge in [-0.15, -0.1) is 0 Å². The number of carbonyl (C=O) groups excluding carboxylic acids is 2. The number of ether oxygens (including phenoxy) is 1. The predicted molar refractivity (Wildman–Crippen MR) is 139 cm³/mol. The molecule has 5 nitrogen and oxygen atoms in total. The van der Waals surface area contributed by atoms with E-state index in [4.69, 9.17) is 4.74 Å². The summed E-state index contributed by atoms with van der Waals surface area (Å²) in [6, 6.07) is 22.7. The van der Waals surface area contributed by atoms with E-state index in [0.29, 0.717) is 25.3 Å². The summed E-state index contributed by atoms with van der Waals surface area (Å²) in [7, 11) is 0. The Morgan fingerprint density at radius 3 is 2.32 bits per heavy atom. The maximum atomic E-state index is 13.5. The zero-order valence-corrected chi connectivity index (χ0v) is 21.5. The predicted octanol–water partition coefficient (Wildman–Crippen LogP) is 5.22. The number of hydrogen-bond donors (Lipinski definition) is 1. The van der Waals surface area contributed by atoms with Gasteiger partial charge in [0.15, 0.2) is 6.61 Å². The SMILES string of the molecule is CCNC(=O)[C@@H](Cc1ccccc1)N(Cc1ccc(C)cc1)C(=O)COc1ccc(Br)c(C)c1. The van der Waals surface area contributed by atoms with E-state index < -0.39 is 6.04 Å². The van der Waals surface area contributed by atoms with E-state index in [2.05, 4.69) is 21.2 Å². The number of nitrogens with zero attached hydrogens (tertiary/aromatic N) is 1. The van der Waals surface area contributed by atoms with Crippen LogP contribution in [0.25, 0.3) is 0 Å². The molecule has 0 saturated carbocycles. The van der Waals surface area contributed by atoms with Crippen LogP contribution in [0.4, 0.5) is 0 Å². The van der Waals surface area contributed by atoms with Crippen molar-refractivity contribution in [3.8, 4) is 5.75 Å². The van der Waals surface area contributed by atoms with E-state index in [1.54, 1.807) is 4.90 Å². The number of amides is 2. The molecule has 34 heavy (non-hydrogen) atoms. The molecule has 0 unspecified atom stereocenters. The summed E-state index contributed by atoms with van der Waals surface area (Å²) in [6.45, 7) is 6.52. The number of aryl methyl sites for hydroxylation is 2. The van der Waals surface area contributed by atoms with Crippen LogP contribution in [0, 0.1) is 13.8 Å². The lowest BCUT2D eigenvalue weighted by atomic mass is 10.0. The molecule has 1 atom stereocenters. The van der Waals surface area contributed by atoms with Crippen molar-refractivity contribution in [1.82, 2.24) is 10.2 Å². The molecule has 0 heterocycles. The topological polar surface area (TPSA) is 58.6 Å². The zero-order chi connectivity index (χ0) is 24.5. The number of benzene rings is 3. The molecule has 0 aliphatic heterocycles. The zero-order valence-electron chi connectivity index (χ0n) is 19.9. The Labute approximate surface area is 210 Å². The summed E-state index contributed by atoms with van der Waals surface area (Å²) in [5.74, 6) is 0.196. The maximum absolute atomic E-state index is 13.5. The smallest absolute Gasteiger partial charge is 0.261 e. The molecule has 0 radical (unpaired) electrons. The van der Waals surface area contributed by atoms with Crippen molar-refractivity contribution in [2.45, 2.75) is 39.8 Å². The molecule has 0 spiro atoms. The number of hydrogen-bond acceptors (Lipinski definition) is 3. The minimum Gasteiger partial charge on any atom is -0.484 e. The third-order valence-electron chi connectivity index (χ3n) is 5.59. The molecular weight excluding hydrogens is 492 g/mol. The third kappa shape index (κ3) is 7.19. The molecule has 3 aromatic rings. The first kappa shape index (κ1) is 25.5. The second-order valence-electron chi connectivity index (χ2n) is 8.31. The highest BCUT2D eigenvalue weighted by atomic mass is 79.9. The fraction of sp³-hybridized carbons (Fsp3) is 0.286. The molecule has 2 amide bonds. The van der Waals surface area contributed by atoms with Crippen molar-refractivity contribution < 1.29 is 14.3 Å². The monoisotopic (exact) mass is 522 g/mol. The molecule has 0 fully saturated rings. The first-order valence-electron chi connectivity index (χ1n) is 11.4. The molecule has 0 bridgehead atoms. The van der Waals surface area contributed by atoms with Gasteiger partial charge in [0, 0.05) is 24.0 Å². The van der Waals surface area contributed by atoms with Gasteiger partial charge in [0.05, 0.1) is 0 Å². The number of halogens is 1. The molecule has 0 aliphatic rings. The normalized spacial score (nSPS) is 11.5. The van der Waals surface area contributed by atoms with E-state index in [1.807, 2.05) is 93.6 Å². The minimum absolute atomic E-state index is 0.155. The van der Waals surface area contributed by atoms with E-state index in [9.17, 15) is 9.59 Å². The molecule has 0 aliphatic carbocycles. The Morgan fingerprint density at radius 2 is 1.68 bits per heavy atom. The molecule has 0 saturated heterocycles. The number of carbonyl (C=O) groups is 2. The van der Waals surface area contributed by atoms with E-state index in [1.165, 1.54) is 0 Å². The fourth-order valence-corrected chi connectivity index (χ4v) is 3.92.